The molecule has 4 heterocycles. The molecule has 0 radical (unpaired) electrons. The number of carbonyl (C=O) groups excluding carboxylic acids is 1. The molecular formula is C24H25N5O4. The number of piperidine rings is 1. The summed E-state index contributed by atoms with van der Waals surface area (Å²) in [6, 6.07) is 9.71. The van der Waals surface area contributed by atoms with Crippen molar-refractivity contribution in [1.82, 2.24) is 24.5 Å². The average molecular weight is 447 g/mol. The van der Waals surface area contributed by atoms with E-state index in [9.17, 15) is 4.79 Å². The maximum absolute atomic E-state index is 12.9. The van der Waals surface area contributed by atoms with Gasteiger partial charge in [-0.05, 0) is 38.0 Å². The van der Waals surface area contributed by atoms with Gasteiger partial charge in [0, 0.05) is 36.3 Å². The SMILES string of the molecule is COc1cccc(-c2ccc3nc([C@H]4CCCN(C(=O)c5ocnc5C)C4)nn3c2)c1OC. The molecule has 1 fully saturated rings. The Kier molecular flexibility index (Phi) is 5.45. The molecule has 9 heteroatoms. The number of rotatable bonds is 5. The van der Waals surface area contributed by atoms with Gasteiger partial charge < -0.3 is 18.8 Å². The van der Waals surface area contributed by atoms with Crippen molar-refractivity contribution in [1.29, 1.82) is 0 Å². The van der Waals surface area contributed by atoms with Crippen molar-refractivity contribution < 1.29 is 18.7 Å². The second kappa shape index (κ2) is 8.57. The number of carbonyl (C=O) groups is 1. The summed E-state index contributed by atoms with van der Waals surface area (Å²) in [5, 5.41) is 4.75. The van der Waals surface area contributed by atoms with Gasteiger partial charge >= 0.3 is 0 Å². The summed E-state index contributed by atoms with van der Waals surface area (Å²) in [5.74, 6) is 2.30. The predicted molar refractivity (Wildman–Crippen MR) is 121 cm³/mol. The van der Waals surface area contributed by atoms with Crippen LogP contribution in [-0.2, 0) is 0 Å². The van der Waals surface area contributed by atoms with E-state index >= 15 is 0 Å². The van der Waals surface area contributed by atoms with Crippen molar-refractivity contribution in [2.45, 2.75) is 25.7 Å². The molecule has 3 aromatic heterocycles. The Bertz CT molecular complexity index is 1310. The minimum Gasteiger partial charge on any atom is -0.493 e. The second-order valence-corrected chi connectivity index (χ2v) is 8.09. The number of pyridine rings is 1. The molecule has 1 aliphatic rings. The van der Waals surface area contributed by atoms with Crippen LogP contribution < -0.4 is 9.47 Å². The Labute approximate surface area is 191 Å². The molecule has 0 aliphatic carbocycles. The van der Waals surface area contributed by atoms with Gasteiger partial charge in [-0.15, -0.1) is 0 Å². The van der Waals surface area contributed by atoms with E-state index in [0.717, 1.165) is 35.4 Å². The van der Waals surface area contributed by atoms with Gasteiger partial charge in [0.2, 0.25) is 5.76 Å². The lowest BCUT2D eigenvalue weighted by molar-refractivity contribution is 0.0671. The number of para-hydroxylation sites is 1. The number of aromatic nitrogens is 4. The van der Waals surface area contributed by atoms with Crippen molar-refractivity contribution in [3.8, 4) is 22.6 Å². The first-order valence-electron chi connectivity index (χ1n) is 10.9. The van der Waals surface area contributed by atoms with Crippen LogP contribution in [0.5, 0.6) is 11.5 Å². The molecule has 5 rings (SSSR count). The van der Waals surface area contributed by atoms with Gasteiger partial charge in [-0.25, -0.2) is 14.5 Å². The summed E-state index contributed by atoms with van der Waals surface area (Å²) in [5.41, 5.74) is 3.21. The number of hydrogen-bond donors (Lipinski definition) is 0. The van der Waals surface area contributed by atoms with Gasteiger partial charge in [-0.1, -0.05) is 12.1 Å². The predicted octanol–water partition coefficient (Wildman–Crippen LogP) is 3.73. The molecule has 33 heavy (non-hydrogen) atoms. The molecule has 1 amide bonds. The minimum atomic E-state index is -0.133. The molecule has 170 valence electrons. The van der Waals surface area contributed by atoms with Gasteiger partial charge in [0.15, 0.2) is 29.4 Å². The van der Waals surface area contributed by atoms with Crippen molar-refractivity contribution in [3.05, 3.63) is 60.2 Å². The number of aryl methyl sites for hydroxylation is 1. The van der Waals surface area contributed by atoms with E-state index in [2.05, 4.69) is 4.98 Å². The third-order valence-electron chi connectivity index (χ3n) is 6.07. The van der Waals surface area contributed by atoms with Crippen molar-refractivity contribution in [2.75, 3.05) is 27.3 Å². The number of methoxy groups -OCH3 is 2. The van der Waals surface area contributed by atoms with E-state index < -0.39 is 0 Å². The molecule has 1 aliphatic heterocycles. The normalized spacial score (nSPS) is 16.2. The molecule has 0 bridgehead atoms. The number of amides is 1. The standard InChI is InChI=1S/C24H25N5O4/c1-15-21(33-14-25-15)24(30)28-11-5-6-17(12-28)23-26-20-10-9-16(13-29(20)27-23)18-7-4-8-19(31-2)22(18)32-3/h4,7-10,13-14,17H,5-6,11-12H2,1-3H3/t17-/m0/s1. The van der Waals surface area contributed by atoms with Crippen LogP contribution in [0.3, 0.4) is 0 Å². The molecule has 4 aromatic rings. The fourth-order valence-electron chi connectivity index (χ4n) is 4.37. The first kappa shape index (κ1) is 21.0. The zero-order chi connectivity index (χ0) is 22.9. The Hall–Kier alpha value is -3.88. The second-order valence-electron chi connectivity index (χ2n) is 8.09. The molecule has 1 saturated heterocycles. The van der Waals surface area contributed by atoms with Crippen LogP contribution in [-0.4, -0.2) is 57.7 Å². The van der Waals surface area contributed by atoms with Crippen LogP contribution in [0, 0.1) is 6.92 Å². The van der Waals surface area contributed by atoms with Crippen molar-refractivity contribution >= 4 is 11.6 Å². The monoisotopic (exact) mass is 447 g/mol. The molecule has 0 unspecified atom stereocenters. The molecule has 0 saturated carbocycles. The Morgan fingerprint density at radius 1 is 1.18 bits per heavy atom. The summed E-state index contributed by atoms with van der Waals surface area (Å²) in [6.45, 7) is 3.01. The lowest BCUT2D eigenvalue weighted by atomic mass is 9.97. The van der Waals surface area contributed by atoms with Gasteiger partial charge in [0.1, 0.15) is 0 Å². The smallest absolute Gasteiger partial charge is 0.291 e. The van der Waals surface area contributed by atoms with E-state index in [4.69, 9.17) is 24.0 Å². The van der Waals surface area contributed by atoms with Crippen molar-refractivity contribution in [3.63, 3.8) is 0 Å². The highest BCUT2D eigenvalue weighted by Crippen LogP contribution is 2.37. The zero-order valence-corrected chi connectivity index (χ0v) is 18.8. The minimum absolute atomic E-state index is 0.0561. The molecule has 0 N–H and O–H groups in total. The lowest BCUT2D eigenvalue weighted by Crippen LogP contribution is -2.39. The summed E-state index contributed by atoms with van der Waals surface area (Å²) in [6.07, 6.45) is 5.05. The Morgan fingerprint density at radius 2 is 2.06 bits per heavy atom. The van der Waals surface area contributed by atoms with Crippen LogP contribution >= 0.6 is 0 Å². The summed E-state index contributed by atoms with van der Waals surface area (Å²) in [7, 11) is 3.25. The summed E-state index contributed by atoms with van der Waals surface area (Å²) < 4.78 is 18.1. The Balaban J connectivity index is 1.42. The van der Waals surface area contributed by atoms with E-state index in [-0.39, 0.29) is 11.8 Å². The third-order valence-corrected chi connectivity index (χ3v) is 6.07. The van der Waals surface area contributed by atoms with Crippen LogP contribution in [0.25, 0.3) is 16.8 Å². The van der Waals surface area contributed by atoms with Gasteiger partial charge in [0.25, 0.3) is 5.91 Å². The highest BCUT2D eigenvalue weighted by molar-refractivity contribution is 5.92. The maximum Gasteiger partial charge on any atom is 0.291 e. The highest BCUT2D eigenvalue weighted by Gasteiger charge is 2.30. The van der Waals surface area contributed by atoms with Crippen LogP contribution in [0.1, 0.15) is 40.8 Å². The first-order valence-corrected chi connectivity index (χ1v) is 10.9. The first-order chi connectivity index (χ1) is 16.1. The summed E-state index contributed by atoms with van der Waals surface area (Å²) in [4.78, 5) is 23.5. The van der Waals surface area contributed by atoms with E-state index in [1.165, 1.54) is 6.39 Å². The maximum atomic E-state index is 12.9. The molecular weight excluding hydrogens is 422 g/mol. The number of benzene rings is 1. The lowest BCUT2D eigenvalue weighted by Gasteiger charge is -2.30. The van der Waals surface area contributed by atoms with E-state index in [1.54, 1.807) is 30.6 Å². The number of ether oxygens (including phenoxy) is 2. The Morgan fingerprint density at radius 3 is 2.82 bits per heavy atom. The fraction of sp³-hybridized carbons (Fsp3) is 0.333. The van der Waals surface area contributed by atoms with Gasteiger partial charge in [0.05, 0.1) is 19.9 Å². The number of likely N-dealkylation sites (tertiary alicyclic amines) is 1. The largest absolute Gasteiger partial charge is 0.493 e. The van der Waals surface area contributed by atoms with E-state index in [1.807, 2.05) is 36.5 Å². The van der Waals surface area contributed by atoms with Gasteiger partial charge in [-0.2, -0.15) is 5.10 Å². The molecule has 9 nitrogen and oxygen atoms in total. The quantitative estimate of drug-likeness (QED) is 0.460. The number of oxazole rings is 1. The van der Waals surface area contributed by atoms with Crippen LogP contribution in [0.15, 0.2) is 47.3 Å². The topological polar surface area (TPSA) is 95.0 Å². The van der Waals surface area contributed by atoms with E-state index in [0.29, 0.717) is 36.0 Å². The van der Waals surface area contributed by atoms with Crippen LogP contribution in [0.2, 0.25) is 0 Å². The molecule has 1 atom stereocenters. The number of fused-ring (bicyclic) bond motifs is 1. The van der Waals surface area contributed by atoms with Gasteiger partial charge in [-0.3, -0.25) is 4.79 Å². The third kappa shape index (κ3) is 3.79. The van der Waals surface area contributed by atoms with Crippen LogP contribution in [0.4, 0.5) is 0 Å². The summed E-state index contributed by atoms with van der Waals surface area (Å²) >= 11 is 0. The molecule has 1 aromatic carbocycles. The molecule has 0 spiro atoms. The number of hydrogen-bond acceptors (Lipinski definition) is 7. The van der Waals surface area contributed by atoms with Crippen molar-refractivity contribution in [2.24, 2.45) is 0 Å². The zero-order valence-electron chi connectivity index (χ0n) is 18.8. The number of nitrogens with zero attached hydrogens (tertiary/aromatic N) is 5. The average Bonchev–Trinajstić information content (AvgIpc) is 3.48. The highest BCUT2D eigenvalue weighted by atomic mass is 16.5. The fourth-order valence-corrected chi connectivity index (χ4v) is 4.37.